The topological polar surface area (TPSA) is 65.7 Å². The van der Waals surface area contributed by atoms with Gasteiger partial charge in [0.25, 0.3) is 11.5 Å². The molecule has 2 heterocycles. The summed E-state index contributed by atoms with van der Waals surface area (Å²) in [5.74, 6) is 0.800. The van der Waals surface area contributed by atoms with E-state index in [1.165, 1.54) is 9.58 Å². The molecule has 0 bridgehead atoms. The summed E-state index contributed by atoms with van der Waals surface area (Å²) in [7, 11) is 1.79. The van der Waals surface area contributed by atoms with Crippen LogP contribution in [0.5, 0.6) is 11.5 Å². The van der Waals surface area contributed by atoms with Gasteiger partial charge in [-0.05, 0) is 78.4 Å². The number of anilines is 1. The van der Waals surface area contributed by atoms with E-state index in [0.29, 0.717) is 43.7 Å². The van der Waals surface area contributed by atoms with E-state index in [1.807, 2.05) is 73.7 Å². The van der Waals surface area contributed by atoms with Gasteiger partial charge in [0.15, 0.2) is 15.8 Å². The molecule has 1 aromatic heterocycles. The zero-order chi connectivity index (χ0) is 29.3. The second kappa shape index (κ2) is 12.4. The van der Waals surface area contributed by atoms with Crippen LogP contribution in [-0.2, 0) is 18.4 Å². The van der Waals surface area contributed by atoms with Crippen molar-refractivity contribution in [3.63, 3.8) is 0 Å². The number of carbonyl (C=O) groups is 1. The number of ether oxygens (including phenoxy) is 2. The summed E-state index contributed by atoms with van der Waals surface area (Å²) >= 11 is 15.3. The standard InChI is InChI=1S/C30H25ClIN3O4S2/c1-4-38-24-15-19(14-23(32)27(24)39-17-20-10-8-9-13-22(20)31)16-25-28(36)34(30(40)41-25)26-18(2)33(3)35(29(26)37)21-11-6-5-7-12-21/h5-16H,4,17H2,1-3H3. The Morgan fingerprint density at radius 2 is 1.76 bits per heavy atom. The Bertz CT molecular complexity index is 1750. The molecule has 0 spiro atoms. The lowest BCUT2D eigenvalue weighted by Gasteiger charge is -2.15. The molecule has 210 valence electrons. The number of carbonyl (C=O) groups excluding carboxylic acids is 1. The van der Waals surface area contributed by atoms with Crippen LogP contribution in [0.2, 0.25) is 5.02 Å². The number of aromatic nitrogens is 2. The van der Waals surface area contributed by atoms with E-state index in [1.54, 1.807) is 24.7 Å². The first-order valence-corrected chi connectivity index (χ1v) is 15.3. The lowest BCUT2D eigenvalue weighted by Crippen LogP contribution is -2.33. The number of halogens is 2. The average Bonchev–Trinajstić information content (AvgIpc) is 3.34. The van der Waals surface area contributed by atoms with E-state index < -0.39 is 0 Å². The molecule has 0 atom stereocenters. The predicted octanol–water partition coefficient (Wildman–Crippen LogP) is 7.13. The molecule has 5 rings (SSSR count). The summed E-state index contributed by atoms with van der Waals surface area (Å²) < 4.78 is 16.4. The van der Waals surface area contributed by atoms with Gasteiger partial charge in [-0.3, -0.25) is 19.2 Å². The van der Waals surface area contributed by atoms with Crippen molar-refractivity contribution in [2.45, 2.75) is 20.5 Å². The van der Waals surface area contributed by atoms with Crippen LogP contribution in [-0.4, -0.2) is 26.2 Å². The maximum absolute atomic E-state index is 13.7. The Hall–Kier alpha value is -3.06. The van der Waals surface area contributed by atoms with Crippen molar-refractivity contribution in [3.05, 3.63) is 107 Å². The molecule has 1 saturated heterocycles. The molecule has 1 fully saturated rings. The molecule has 1 aliphatic rings. The summed E-state index contributed by atoms with van der Waals surface area (Å²) in [5.41, 5.74) is 2.87. The highest BCUT2D eigenvalue weighted by atomic mass is 127. The van der Waals surface area contributed by atoms with Crippen molar-refractivity contribution < 1.29 is 14.3 Å². The minimum atomic E-state index is -0.349. The molecule has 11 heteroatoms. The van der Waals surface area contributed by atoms with Crippen LogP contribution in [0.25, 0.3) is 11.8 Å². The van der Waals surface area contributed by atoms with Gasteiger partial charge in [0.1, 0.15) is 12.3 Å². The lowest BCUT2D eigenvalue weighted by molar-refractivity contribution is -0.113. The molecule has 0 unspecified atom stereocenters. The summed E-state index contributed by atoms with van der Waals surface area (Å²) in [5, 5.41) is 0.628. The van der Waals surface area contributed by atoms with Crippen LogP contribution in [0.4, 0.5) is 5.69 Å². The highest BCUT2D eigenvalue weighted by molar-refractivity contribution is 14.1. The Labute approximate surface area is 265 Å². The van der Waals surface area contributed by atoms with Gasteiger partial charge < -0.3 is 9.47 Å². The van der Waals surface area contributed by atoms with Crippen LogP contribution in [0.15, 0.2) is 76.4 Å². The molecule has 0 aliphatic carbocycles. The molecule has 3 aromatic carbocycles. The lowest BCUT2D eigenvalue weighted by atomic mass is 10.1. The van der Waals surface area contributed by atoms with E-state index in [0.717, 1.165) is 26.5 Å². The fourth-order valence-corrected chi connectivity index (χ4v) is 6.71. The minimum Gasteiger partial charge on any atom is -0.490 e. The van der Waals surface area contributed by atoms with Crippen LogP contribution in [0, 0.1) is 10.5 Å². The number of hydrogen-bond acceptors (Lipinski definition) is 6. The van der Waals surface area contributed by atoms with Crippen LogP contribution >= 0.6 is 58.2 Å². The largest absolute Gasteiger partial charge is 0.490 e. The fraction of sp³-hybridized carbons (Fsp3) is 0.167. The van der Waals surface area contributed by atoms with Gasteiger partial charge in [0.2, 0.25) is 0 Å². The summed E-state index contributed by atoms with van der Waals surface area (Å²) in [6.45, 7) is 4.42. The smallest absolute Gasteiger partial charge is 0.296 e. The van der Waals surface area contributed by atoms with E-state index in [-0.39, 0.29) is 23.8 Å². The Kier molecular flexibility index (Phi) is 8.93. The van der Waals surface area contributed by atoms with E-state index >= 15 is 0 Å². The molecule has 0 saturated carbocycles. The molecular formula is C30H25ClIN3O4S2. The number of rotatable bonds is 8. The first kappa shape index (κ1) is 29.4. The van der Waals surface area contributed by atoms with Crippen molar-refractivity contribution in [2.24, 2.45) is 7.05 Å². The maximum atomic E-state index is 13.7. The summed E-state index contributed by atoms with van der Waals surface area (Å²) in [6.07, 6.45) is 1.76. The second-order valence-electron chi connectivity index (χ2n) is 9.07. The van der Waals surface area contributed by atoms with Gasteiger partial charge >= 0.3 is 0 Å². The Balaban J connectivity index is 1.46. The van der Waals surface area contributed by atoms with E-state index in [9.17, 15) is 9.59 Å². The fourth-order valence-electron chi connectivity index (χ4n) is 4.46. The first-order chi connectivity index (χ1) is 19.7. The molecule has 1 aliphatic heterocycles. The molecule has 1 amide bonds. The van der Waals surface area contributed by atoms with Gasteiger partial charge in [0.05, 0.1) is 26.5 Å². The number of thioether (sulfide) groups is 1. The molecule has 0 N–H and O–H groups in total. The summed E-state index contributed by atoms with van der Waals surface area (Å²) in [4.78, 5) is 29.0. The normalized spacial score (nSPS) is 14.3. The van der Waals surface area contributed by atoms with Gasteiger partial charge in [-0.15, -0.1) is 0 Å². The van der Waals surface area contributed by atoms with Crippen molar-refractivity contribution in [3.8, 4) is 17.2 Å². The predicted molar refractivity (Wildman–Crippen MR) is 178 cm³/mol. The maximum Gasteiger partial charge on any atom is 0.296 e. The van der Waals surface area contributed by atoms with Crippen LogP contribution in [0.1, 0.15) is 23.7 Å². The molecular weight excluding hydrogens is 693 g/mol. The van der Waals surface area contributed by atoms with Crippen molar-refractivity contribution in [2.75, 3.05) is 11.5 Å². The Morgan fingerprint density at radius 1 is 1.05 bits per heavy atom. The summed E-state index contributed by atoms with van der Waals surface area (Å²) in [6, 6.07) is 20.5. The number of nitrogens with zero attached hydrogens (tertiary/aromatic N) is 3. The van der Waals surface area contributed by atoms with E-state index in [2.05, 4.69) is 22.6 Å². The van der Waals surface area contributed by atoms with Gasteiger partial charge in [-0.1, -0.05) is 72.0 Å². The second-order valence-corrected chi connectivity index (χ2v) is 12.3. The highest BCUT2D eigenvalue weighted by Crippen LogP contribution is 2.39. The van der Waals surface area contributed by atoms with Crippen LogP contribution < -0.4 is 19.9 Å². The van der Waals surface area contributed by atoms with Crippen molar-refractivity contribution in [1.29, 1.82) is 0 Å². The van der Waals surface area contributed by atoms with Gasteiger partial charge in [-0.2, -0.15) is 0 Å². The molecule has 7 nitrogen and oxygen atoms in total. The number of thiocarbonyl (C=S) groups is 1. The quantitative estimate of drug-likeness (QED) is 0.110. The number of para-hydroxylation sites is 1. The third-order valence-corrected chi connectivity index (χ3v) is 8.97. The van der Waals surface area contributed by atoms with Gasteiger partial charge in [0, 0.05) is 17.6 Å². The SMILES string of the molecule is CCOc1cc(C=C2SC(=S)N(c3c(C)n(C)n(-c4ccccc4)c3=O)C2=O)cc(I)c1OCc1ccccc1Cl. The minimum absolute atomic E-state index is 0.246. The van der Waals surface area contributed by atoms with Gasteiger partial charge in [-0.25, -0.2) is 4.68 Å². The Morgan fingerprint density at radius 3 is 2.46 bits per heavy atom. The average molecular weight is 718 g/mol. The zero-order valence-electron chi connectivity index (χ0n) is 22.4. The molecule has 0 radical (unpaired) electrons. The zero-order valence-corrected chi connectivity index (χ0v) is 26.9. The third kappa shape index (κ3) is 5.83. The number of benzene rings is 3. The third-order valence-electron chi connectivity index (χ3n) is 6.50. The highest BCUT2D eigenvalue weighted by Gasteiger charge is 2.37. The molecule has 4 aromatic rings. The first-order valence-electron chi connectivity index (χ1n) is 12.7. The number of hydrogen-bond donors (Lipinski definition) is 0. The molecule has 41 heavy (non-hydrogen) atoms. The van der Waals surface area contributed by atoms with Crippen LogP contribution in [0.3, 0.4) is 0 Å². The van der Waals surface area contributed by atoms with E-state index in [4.69, 9.17) is 33.3 Å². The number of amides is 1. The monoisotopic (exact) mass is 717 g/mol. The van der Waals surface area contributed by atoms with Crippen molar-refractivity contribution >= 4 is 80.2 Å². The van der Waals surface area contributed by atoms with Crippen molar-refractivity contribution in [1.82, 2.24) is 9.36 Å².